The van der Waals surface area contributed by atoms with E-state index in [0.717, 1.165) is 12.0 Å². The fraction of sp³-hybridized carbons (Fsp3) is 1.00. The van der Waals surface area contributed by atoms with E-state index in [0.29, 0.717) is 0 Å². The van der Waals surface area contributed by atoms with Crippen molar-refractivity contribution >= 4 is 0 Å². The van der Waals surface area contributed by atoms with Gasteiger partial charge < -0.3 is 9.80 Å². The van der Waals surface area contributed by atoms with Crippen LogP contribution in [-0.2, 0) is 0 Å². The Morgan fingerprint density at radius 3 is 2.00 bits per heavy atom. The summed E-state index contributed by atoms with van der Waals surface area (Å²) in [7, 11) is 4.53. The summed E-state index contributed by atoms with van der Waals surface area (Å²) in [5.41, 5.74) is 0. The molecule has 1 atom stereocenters. The fourth-order valence-electron chi connectivity index (χ4n) is 3.06. The predicted molar refractivity (Wildman–Crippen MR) is 70.1 cm³/mol. The Morgan fingerprint density at radius 2 is 1.56 bits per heavy atom. The maximum absolute atomic E-state index is 2.35. The highest BCUT2D eigenvalue weighted by Crippen LogP contribution is 2.25. The van der Waals surface area contributed by atoms with E-state index in [2.05, 4.69) is 27.9 Å². The molecule has 1 aliphatic rings. The van der Waals surface area contributed by atoms with Crippen LogP contribution in [-0.4, -0.2) is 39.8 Å². The molecule has 0 saturated heterocycles. The van der Waals surface area contributed by atoms with E-state index in [4.69, 9.17) is 0 Å². The van der Waals surface area contributed by atoms with Gasteiger partial charge in [0.2, 0.25) is 0 Å². The van der Waals surface area contributed by atoms with E-state index in [1.54, 1.807) is 4.90 Å². The van der Waals surface area contributed by atoms with Gasteiger partial charge >= 0.3 is 0 Å². The molecule has 2 nitrogen and oxygen atoms in total. The van der Waals surface area contributed by atoms with Crippen molar-refractivity contribution < 1.29 is 9.80 Å². The first-order valence-electron chi connectivity index (χ1n) is 7.30. The van der Waals surface area contributed by atoms with Crippen LogP contribution < -0.4 is 9.80 Å². The monoisotopic (exact) mass is 228 g/mol. The van der Waals surface area contributed by atoms with Gasteiger partial charge in [0.05, 0.1) is 26.7 Å². The normalized spacial score (nSPS) is 28.3. The van der Waals surface area contributed by atoms with E-state index in [9.17, 15) is 0 Å². The van der Waals surface area contributed by atoms with Gasteiger partial charge in [0, 0.05) is 0 Å². The van der Waals surface area contributed by atoms with Crippen LogP contribution in [0.15, 0.2) is 0 Å². The summed E-state index contributed by atoms with van der Waals surface area (Å²) in [6.07, 6.45) is 7.32. The standard InChI is InChI=1S/C14H30N2/c1-5-13-7-9-14(10-8-13)16(6-2)12-11-15(3)4/h13-14H,5-12H2,1-4H3/p+2. The first-order chi connectivity index (χ1) is 7.67. The van der Waals surface area contributed by atoms with Gasteiger partial charge in [0.1, 0.15) is 13.1 Å². The Morgan fingerprint density at radius 1 is 0.938 bits per heavy atom. The van der Waals surface area contributed by atoms with Crippen LogP contribution in [0.3, 0.4) is 0 Å². The molecule has 96 valence electrons. The van der Waals surface area contributed by atoms with Crippen LogP contribution in [0.2, 0.25) is 0 Å². The zero-order valence-electron chi connectivity index (χ0n) is 11.8. The highest BCUT2D eigenvalue weighted by molar-refractivity contribution is 4.70. The lowest BCUT2D eigenvalue weighted by Gasteiger charge is -2.33. The minimum Gasteiger partial charge on any atom is -0.335 e. The van der Waals surface area contributed by atoms with Crippen molar-refractivity contribution in [3.8, 4) is 0 Å². The zero-order valence-corrected chi connectivity index (χ0v) is 11.8. The molecule has 0 bridgehead atoms. The molecule has 16 heavy (non-hydrogen) atoms. The number of rotatable bonds is 6. The molecule has 0 heterocycles. The first-order valence-corrected chi connectivity index (χ1v) is 7.30. The molecule has 0 aliphatic heterocycles. The maximum atomic E-state index is 2.35. The Bertz CT molecular complexity index is 172. The molecule has 0 spiro atoms. The smallest absolute Gasteiger partial charge is 0.127 e. The number of nitrogens with one attached hydrogen (secondary N) is 2. The zero-order chi connectivity index (χ0) is 12.0. The summed E-state index contributed by atoms with van der Waals surface area (Å²) in [6, 6.07) is 0.965. The third-order valence-corrected chi connectivity index (χ3v) is 4.40. The maximum Gasteiger partial charge on any atom is 0.127 e. The fourth-order valence-corrected chi connectivity index (χ4v) is 3.06. The lowest BCUT2D eigenvalue weighted by atomic mass is 9.84. The quantitative estimate of drug-likeness (QED) is 0.633. The van der Waals surface area contributed by atoms with E-state index in [-0.39, 0.29) is 0 Å². The molecule has 0 aromatic heterocycles. The summed E-state index contributed by atoms with van der Waals surface area (Å²) >= 11 is 0. The summed E-state index contributed by atoms with van der Waals surface area (Å²) in [4.78, 5) is 3.45. The first kappa shape index (κ1) is 14.0. The van der Waals surface area contributed by atoms with Gasteiger partial charge in [-0.3, -0.25) is 0 Å². The van der Waals surface area contributed by atoms with Crippen molar-refractivity contribution in [2.24, 2.45) is 5.92 Å². The van der Waals surface area contributed by atoms with Gasteiger partial charge in [-0.15, -0.1) is 0 Å². The minimum atomic E-state index is 0.965. The van der Waals surface area contributed by atoms with Gasteiger partial charge in [-0.25, -0.2) is 0 Å². The largest absolute Gasteiger partial charge is 0.335 e. The molecule has 1 fully saturated rings. The molecular weight excluding hydrogens is 196 g/mol. The molecule has 2 N–H and O–H groups in total. The van der Waals surface area contributed by atoms with Crippen molar-refractivity contribution in [1.82, 2.24) is 0 Å². The van der Waals surface area contributed by atoms with Crippen LogP contribution in [0, 0.1) is 5.92 Å². The molecule has 1 rings (SSSR count). The number of likely N-dealkylation sites (N-methyl/N-ethyl adjacent to an activating group) is 2. The highest BCUT2D eigenvalue weighted by atomic mass is 15.2. The van der Waals surface area contributed by atoms with Crippen LogP contribution >= 0.6 is 0 Å². The van der Waals surface area contributed by atoms with E-state index < -0.39 is 0 Å². The molecule has 2 heteroatoms. The van der Waals surface area contributed by atoms with E-state index in [1.807, 2.05) is 4.90 Å². The van der Waals surface area contributed by atoms with Gasteiger partial charge in [0.25, 0.3) is 0 Å². The van der Waals surface area contributed by atoms with Crippen LogP contribution in [0.1, 0.15) is 46.0 Å². The number of hydrogen-bond donors (Lipinski definition) is 2. The lowest BCUT2D eigenvalue weighted by molar-refractivity contribution is -0.958. The molecule has 1 aliphatic carbocycles. The molecule has 0 aromatic rings. The van der Waals surface area contributed by atoms with Crippen molar-refractivity contribution in [2.75, 3.05) is 33.7 Å². The SMILES string of the molecule is CCC1CCC([NH+](CC)CC[NH+](C)C)CC1. The van der Waals surface area contributed by atoms with Crippen LogP contribution in [0.5, 0.6) is 0 Å². The average Bonchev–Trinajstić information content (AvgIpc) is 2.30. The summed E-state index contributed by atoms with van der Waals surface area (Å²) in [5.74, 6) is 1.04. The third-order valence-electron chi connectivity index (χ3n) is 4.40. The van der Waals surface area contributed by atoms with Crippen molar-refractivity contribution in [2.45, 2.75) is 52.0 Å². The average molecular weight is 228 g/mol. The van der Waals surface area contributed by atoms with E-state index >= 15 is 0 Å². The van der Waals surface area contributed by atoms with Crippen molar-refractivity contribution in [3.05, 3.63) is 0 Å². The minimum absolute atomic E-state index is 0.965. The van der Waals surface area contributed by atoms with Gasteiger partial charge in [0.15, 0.2) is 0 Å². The van der Waals surface area contributed by atoms with Gasteiger partial charge in [-0.2, -0.15) is 0 Å². The van der Waals surface area contributed by atoms with Gasteiger partial charge in [-0.1, -0.05) is 13.3 Å². The molecule has 0 radical (unpaired) electrons. The molecule has 0 amide bonds. The molecule has 0 aromatic carbocycles. The summed E-state index contributed by atoms with van der Waals surface area (Å²) in [5, 5.41) is 0. The second-order valence-corrected chi connectivity index (χ2v) is 5.84. The Kier molecular flexibility index (Phi) is 6.37. The summed E-state index contributed by atoms with van der Waals surface area (Å²) < 4.78 is 0. The molecule has 1 saturated carbocycles. The molecule has 1 unspecified atom stereocenters. The van der Waals surface area contributed by atoms with Crippen molar-refractivity contribution in [1.29, 1.82) is 0 Å². The third kappa shape index (κ3) is 4.42. The predicted octanol–water partition coefficient (Wildman–Crippen LogP) is 0.00450. The number of quaternary nitrogens is 2. The number of hydrogen-bond acceptors (Lipinski definition) is 0. The lowest BCUT2D eigenvalue weighted by Crippen LogP contribution is -3.20. The topological polar surface area (TPSA) is 8.88 Å². The van der Waals surface area contributed by atoms with Crippen LogP contribution in [0.25, 0.3) is 0 Å². The summed E-state index contributed by atoms with van der Waals surface area (Å²) in [6.45, 7) is 8.70. The highest BCUT2D eigenvalue weighted by Gasteiger charge is 2.27. The second kappa shape index (κ2) is 7.29. The Labute approximate surface area is 102 Å². The van der Waals surface area contributed by atoms with Crippen molar-refractivity contribution in [3.63, 3.8) is 0 Å². The second-order valence-electron chi connectivity index (χ2n) is 5.84. The Hall–Kier alpha value is -0.0800. The van der Waals surface area contributed by atoms with E-state index in [1.165, 1.54) is 51.7 Å². The Balaban J connectivity index is 2.31. The van der Waals surface area contributed by atoms with Gasteiger partial charge in [-0.05, 0) is 38.5 Å². The van der Waals surface area contributed by atoms with Crippen LogP contribution in [0.4, 0.5) is 0 Å². The molecular formula is C14H32N2+2.